The largest absolute Gasteiger partial charge is 0.485 e. The molecule has 0 saturated carbocycles. The number of aromatic nitrogens is 2. The Morgan fingerprint density at radius 1 is 1.29 bits per heavy atom. The molecule has 0 atom stereocenters. The first-order valence-electron chi connectivity index (χ1n) is 7.60. The van der Waals surface area contributed by atoms with E-state index in [-0.39, 0.29) is 5.78 Å². The number of hydrogen-bond acceptors (Lipinski definition) is 4. The van der Waals surface area contributed by atoms with Gasteiger partial charge < -0.3 is 9.15 Å². The summed E-state index contributed by atoms with van der Waals surface area (Å²) < 4.78 is 13.0. The summed E-state index contributed by atoms with van der Waals surface area (Å²) in [6.45, 7) is 2.34. The van der Waals surface area contributed by atoms with Crippen LogP contribution in [0.2, 0.25) is 0 Å². The number of rotatable bonds is 6. The monoisotopic (exact) mass is 322 g/mol. The lowest BCUT2D eigenvalue weighted by Crippen LogP contribution is -1.95. The van der Waals surface area contributed by atoms with Gasteiger partial charge in [0.1, 0.15) is 23.9 Å². The van der Waals surface area contributed by atoms with E-state index in [1.54, 1.807) is 24.0 Å². The van der Waals surface area contributed by atoms with E-state index in [1.165, 1.54) is 12.3 Å². The quantitative estimate of drug-likeness (QED) is 0.512. The Morgan fingerprint density at radius 2 is 2.12 bits per heavy atom. The fraction of sp³-hybridized carbons (Fsp3) is 0.158. The fourth-order valence-corrected chi connectivity index (χ4v) is 2.23. The number of furan rings is 1. The third kappa shape index (κ3) is 3.81. The highest BCUT2D eigenvalue weighted by Crippen LogP contribution is 2.19. The van der Waals surface area contributed by atoms with Gasteiger partial charge in [-0.2, -0.15) is 5.10 Å². The molecule has 2 heterocycles. The van der Waals surface area contributed by atoms with Crippen LogP contribution in [0.25, 0.3) is 6.08 Å². The van der Waals surface area contributed by atoms with Crippen molar-refractivity contribution >= 4 is 11.9 Å². The minimum absolute atomic E-state index is 0.114. The van der Waals surface area contributed by atoms with Gasteiger partial charge in [-0.1, -0.05) is 18.2 Å². The number of para-hydroxylation sites is 1. The van der Waals surface area contributed by atoms with Gasteiger partial charge in [-0.15, -0.1) is 0 Å². The summed E-state index contributed by atoms with van der Waals surface area (Å²) >= 11 is 0. The van der Waals surface area contributed by atoms with E-state index in [1.807, 2.05) is 43.3 Å². The maximum atomic E-state index is 12.0. The van der Waals surface area contributed by atoms with Gasteiger partial charge in [-0.3, -0.25) is 9.48 Å². The average molecular weight is 322 g/mol. The van der Waals surface area contributed by atoms with Gasteiger partial charge in [0.15, 0.2) is 5.78 Å². The maximum Gasteiger partial charge on any atom is 0.189 e. The number of aryl methyl sites for hydroxylation is 2. The van der Waals surface area contributed by atoms with Gasteiger partial charge in [0.05, 0.1) is 11.8 Å². The van der Waals surface area contributed by atoms with Gasteiger partial charge in [0.25, 0.3) is 0 Å². The highest BCUT2D eigenvalue weighted by atomic mass is 16.5. The highest BCUT2D eigenvalue weighted by molar-refractivity contribution is 6.06. The molecule has 0 aliphatic rings. The number of benzene rings is 1. The second kappa shape index (κ2) is 7.00. The number of carbonyl (C=O) groups excluding carboxylic acids is 1. The summed E-state index contributed by atoms with van der Waals surface area (Å²) in [6.07, 6.45) is 6.33. The number of nitrogens with zero attached hydrogens (tertiary/aromatic N) is 2. The van der Waals surface area contributed by atoms with Crippen LogP contribution in [0.3, 0.4) is 0 Å². The molecule has 24 heavy (non-hydrogen) atoms. The third-order valence-corrected chi connectivity index (χ3v) is 3.53. The third-order valence-electron chi connectivity index (χ3n) is 3.53. The SMILES string of the molecule is Cc1ccccc1OCc1ccc(/C=C/C(=O)c2cnn(C)c2)o1. The van der Waals surface area contributed by atoms with E-state index in [0.29, 0.717) is 23.7 Å². The van der Waals surface area contributed by atoms with Gasteiger partial charge in [0.2, 0.25) is 0 Å². The molecule has 0 unspecified atom stereocenters. The number of hydrogen-bond donors (Lipinski definition) is 0. The topological polar surface area (TPSA) is 57.3 Å². The van der Waals surface area contributed by atoms with Crippen molar-refractivity contribution in [2.45, 2.75) is 13.5 Å². The standard InChI is InChI=1S/C19H18N2O3/c1-14-5-3-4-6-19(14)23-13-17-8-7-16(24-17)9-10-18(22)15-11-20-21(2)12-15/h3-12H,13H2,1-2H3/b10-9+. The number of carbonyl (C=O) groups is 1. The minimum Gasteiger partial charge on any atom is -0.485 e. The molecular formula is C19H18N2O3. The highest BCUT2D eigenvalue weighted by Gasteiger charge is 2.06. The molecule has 3 aromatic rings. The summed E-state index contributed by atoms with van der Waals surface area (Å²) in [7, 11) is 1.77. The Hall–Kier alpha value is -3.08. The van der Waals surface area contributed by atoms with Gasteiger partial charge in [0, 0.05) is 13.2 Å². The van der Waals surface area contributed by atoms with Crippen molar-refractivity contribution in [3.63, 3.8) is 0 Å². The van der Waals surface area contributed by atoms with Gasteiger partial charge in [-0.25, -0.2) is 0 Å². The minimum atomic E-state index is -0.114. The van der Waals surface area contributed by atoms with E-state index in [9.17, 15) is 4.79 Å². The lowest BCUT2D eigenvalue weighted by molar-refractivity contribution is 0.104. The summed E-state index contributed by atoms with van der Waals surface area (Å²) in [5, 5.41) is 3.98. The Morgan fingerprint density at radius 3 is 2.88 bits per heavy atom. The Bertz CT molecular complexity index is 874. The van der Waals surface area contributed by atoms with Crippen molar-refractivity contribution in [1.82, 2.24) is 9.78 Å². The molecule has 0 aliphatic heterocycles. The first kappa shape index (κ1) is 15.8. The molecule has 0 saturated heterocycles. The average Bonchev–Trinajstić information content (AvgIpc) is 3.21. The van der Waals surface area contributed by atoms with Crippen LogP contribution in [0, 0.1) is 6.92 Å². The molecule has 0 aliphatic carbocycles. The molecule has 0 radical (unpaired) electrons. The first-order valence-corrected chi connectivity index (χ1v) is 7.60. The Kier molecular flexibility index (Phi) is 4.61. The van der Waals surface area contributed by atoms with Crippen molar-refractivity contribution in [3.8, 4) is 5.75 Å². The van der Waals surface area contributed by atoms with Crippen LogP contribution in [0.15, 0.2) is 59.3 Å². The lowest BCUT2D eigenvalue weighted by atomic mass is 10.2. The molecule has 1 aromatic carbocycles. The zero-order chi connectivity index (χ0) is 16.9. The molecule has 3 rings (SSSR count). The van der Waals surface area contributed by atoms with Crippen LogP contribution in [-0.2, 0) is 13.7 Å². The van der Waals surface area contributed by atoms with E-state index in [0.717, 1.165) is 11.3 Å². The predicted octanol–water partition coefficient (Wildman–Crippen LogP) is 3.80. The van der Waals surface area contributed by atoms with Crippen LogP contribution >= 0.6 is 0 Å². The molecule has 0 bridgehead atoms. The first-order chi connectivity index (χ1) is 11.6. The van der Waals surface area contributed by atoms with E-state index >= 15 is 0 Å². The number of ether oxygens (including phenoxy) is 1. The summed E-state index contributed by atoms with van der Waals surface area (Å²) in [4.78, 5) is 12.0. The normalized spacial score (nSPS) is 11.1. The van der Waals surface area contributed by atoms with Crippen LogP contribution in [0.4, 0.5) is 0 Å². The molecule has 0 fully saturated rings. The van der Waals surface area contributed by atoms with Crippen LogP contribution in [0.5, 0.6) is 5.75 Å². The smallest absolute Gasteiger partial charge is 0.189 e. The van der Waals surface area contributed by atoms with Crippen molar-refractivity contribution in [1.29, 1.82) is 0 Å². The second-order valence-corrected chi connectivity index (χ2v) is 5.46. The van der Waals surface area contributed by atoms with Crippen molar-refractivity contribution in [3.05, 3.63) is 77.5 Å². The molecule has 0 spiro atoms. The zero-order valence-corrected chi connectivity index (χ0v) is 13.6. The van der Waals surface area contributed by atoms with Crippen molar-refractivity contribution in [2.24, 2.45) is 7.05 Å². The Labute approximate surface area is 140 Å². The number of ketones is 1. The van der Waals surface area contributed by atoms with Crippen LogP contribution in [0.1, 0.15) is 27.4 Å². The molecular weight excluding hydrogens is 304 g/mol. The van der Waals surface area contributed by atoms with E-state index in [2.05, 4.69) is 5.10 Å². The van der Waals surface area contributed by atoms with Crippen LogP contribution in [-0.4, -0.2) is 15.6 Å². The van der Waals surface area contributed by atoms with Gasteiger partial charge >= 0.3 is 0 Å². The molecule has 0 N–H and O–H groups in total. The lowest BCUT2D eigenvalue weighted by Gasteiger charge is -2.06. The summed E-state index contributed by atoms with van der Waals surface area (Å²) in [6, 6.07) is 11.5. The fourth-order valence-electron chi connectivity index (χ4n) is 2.23. The molecule has 2 aromatic heterocycles. The van der Waals surface area contributed by atoms with E-state index in [4.69, 9.17) is 9.15 Å². The predicted molar refractivity (Wildman–Crippen MR) is 90.8 cm³/mol. The molecule has 122 valence electrons. The molecule has 5 heteroatoms. The number of allylic oxidation sites excluding steroid dienone is 1. The summed E-state index contributed by atoms with van der Waals surface area (Å²) in [5.74, 6) is 2.03. The zero-order valence-electron chi connectivity index (χ0n) is 13.6. The van der Waals surface area contributed by atoms with Crippen molar-refractivity contribution in [2.75, 3.05) is 0 Å². The summed E-state index contributed by atoms with van der Waals surface area (Å²) in [5.41, 5.74) is 1.62. The second-order valence-electron chi connectivity index (χ2n) is 5.46. The van der Waals surface area contributed by atoms with Gasteiger partial charge in [-0.05, 0) is 42.8 Å². The van der Waals surface area contributed by atoms with Crippen LogP contribution < -0.4 is 4.74 Å². The van der Waals surface area contributed by atoms with E-state index < -0.39 is 0 Å². The maximum absolute atomic E-state index is 12.0. The molecule has 5 nitrogen and oxygen atoms in total. The van der Waals surface area contributed by atoms with Crippen molar-refractivity contribution < 1.29 is 13.9 Å². The Balaban J connectivity index is 1.60. The molecule has 0 amide bonds.